The van der Waals surface area contributed by atoms with Gasteiger partial charge in [-0.25, -0.2) is 0 Å². The number of hydrogen-bond acceptors (Lipinski definition) is 4. The molecule has 2 heterocycles. The number of rotatable bonds is 6. The average Bonchev–Trinajstić information content (AvgIpc) is 3.38. The van der Waals surface area contributed by atoms with E-state index >= 15 is 0 Å². The lowest BCUT2D eigenvalue weighted by atomic mass is 10.0. The van der Waals surface area contributed by atoms with Gasteiger partial charge in [-0.05, 0) is 57.7 Å². The van der Waals surface area contributed by atoms with Crippen molar-refractivity contribution in [1.82, 2.24) is 20.0 Å². The van der Waals surface area contributed by atoms with Gasteiger partial charge in [0.05, 0.1) is 11.7 Å². The van der Waals surface area contributed by atoms with Gasteiger partial charge in [0, 0.05) is 43.5 Å². The van der Waals surface area contributed by atoms with Crippen molar-refractivity contribution in [2.45, 2.75) is 70.6 Å². The molecule has 1 aromatic carbocycles. The van der Waals surface area contributed by atoms with Gasteiger partial charge in [0.1, 0.15) is 11.9 Å². The lowest BCUT2D eigenvalue weighted by molar-refractivity contribution is 0.0765. The van der Waals surface area contributed by atoms with E-state index in [4.69, 9.17) is 4.74 Å². The zero-order valence-electron chi connectivity index (χ0n) is 18.4. The summed E-state index contributed by atoms with van der Waals surface area (Å²) in [6.07, 6.45) is 9.80. The van der Waals surface area contributed by atoms with Crippen LogP contribution in [0.5, 0.6) is 5.75 Å². The first-order chi connectivity index (χ1) is 14.5. The van der Waals surface area contributed by atoms with Crippen molar-refractivity contribution in [2.24, 2.45) is 7.05 Å². The third-order valence-electron chi connectivity index (χ3n) is 6.58. The Bertz CT molecular complexity index is 864. The minimum Gasteiger partial charge on any atom is -0.490 e. The predicted molar refractivity (Wildman–Crippen MR) is 118 cm³/mol. The maximum Gasteiger partial charge on any atom is 0.251 e. The molecular weight excluding hydrogens is 376 g/mol. The lowest BCUT2D eigenvalue weighted by Crippen LogP contribution is -2.43. The van der Waals surface area contributed by atoms with Crippen LogP contribution in [0.3, 0.4) is 0 Å². The summed E-state index contributed by atoms with van der Waals surface area (Å²) < 4.78 is 8.03. The van der Waals surface area contributed by atoms with E-state index in [9.17, 15) is 4.79 Å². The second-order valence-electron chi connectivity index (χ2n) is 8.86. The summed E-state index contributed by atoms with van der Waals surface area (Å²) >= 11 is 0. The SMILES string of the molecule is Cc1nn(C)cc1[C@@H](C)NC(=O)c1cccc(OC2CCN(C3CCCC3)CC2)c1. The molecule has 0 radical (unpaired) electrons. The van der Waals surface area contributed by atoms with E-state index in [0.717, 1.165) is 49.0 Å². The second kappa shape index (κ2) is 9.21. The van der Waals surface area contributed by atoms with Crippen molar-refractivity contribution < 1.29 is 9.53 Å². The summed E-state index contributed by atoms with van der Waals surface area (Å²) in [5.41, 5.74) is 2.60. The van der Waals surface area contributed by atoms with Crippen molar-refractivity contribution in [3.63, 3.8) is 0 Å². The first-order valence-electron chi connectivity index (χ1n) is 11.3. The molecule has 6 heteroatoms. The number of likely N-dealkylation sites (tertiary alicyclic amines) is 1. The molecule has 1 atom stereocenters. The number of nitrogens with one attached hydrogen (secondary N) is 1. The smallest absolute Gasteiger partial charge is 0.251 e. The molecule has 0 bridgehead atoms. The van der Waals surface area contributed by atoms with Gasteiger partial charge in [-0.3, -0.25) is 9.48 Å². The number of ether oxygens (including phenoxy) is 1. The summed E-state index contributed by atoms with van der Waals surface area (Å²) in [6.45, 7) is 6.19. The van der Waals surface area contributed by atoms with Crippen LogP contribution in [0.2, 0.25) is 0 Å². The number of hydrogen-bond donors (Lipinski definition) is 1. The van der Waals surface area contributed by atoms with Crippen LogP contribution < -0.4 is 10.1 Å². The molecular formula is C24H34N4O2. The van der Waals surface area contributed by atoms with Gasteiger partial charge in [0.15, 0.2) is 0 Å². The Morgan fingerprint density at radius 1 is 1.20 bits per heavy atom. The number of carbonyl (C=O) groups excluding carboxylic acids is 1. The molecule has 1 aromatic heterocycles. The number of piperidine rings is 1. The second-order valence-corrected chi connectivity index (χ2v) is 8.86. The molecule has 1 aliphatic heterocycles. The minimum absolute atomic E-state index is 0.0905. The Labute approximate surface area is 179 Å². The van der Waals surface area contributed by atoms with E-state index in [1.807, 2.05) is 51.4 Å². The van der Waals surface area contributed by atoms with Crippen LogP contribution in [0.25, 0.3) is 0 Å². The summed E-state index contributed by atoms with van der Waals surface area (Å²) in [5.74, 6) is 0.694. The third-order valence-corrected chi connectivity index (χ3v) is 6.58. The van der Waals surface area contributed by atoms with Gasteiger partial charge < -0.3 is 15.0 Å². The maximum absolute atomic E-state index is 12.8. The Kier molecular flexibility index (Phi) is 6.42. The number of nitrogens with zero attached hydrogens (tertiary/aromatic N) is 3. The minimum atomic E-state index is -0.101. The molecule has 1 saturated heterocycles. The summed E-state index contributed by atoms with van der Waals surface area (Å²) in [6, 6.07) is 8.25. The van der Waals surface area contributed by atoms with E-state index in [2.05, 4.69) is 15.3 Å². The molecule has 0 unspecified atom stereocenters. The molecule has 2 aromatic rings. The average molecular weight is 411 g/mol. The van der Waals surface area contributed by atoms with Crippen molar-refractivity contribution >= 4 is 5.91 Å². The topological polar surface area (TPSA) is 59.4 Å². The van der Waals surface area contributed by atoms with E-state index in [0.29, 0.717) is 5.56 Å². The number of aryl methyl sites for hydroxylation is 2. The van der Waals surface area contributed by atoms with Crippen molar-refractivity contribution in [2.75, 3.05) is 13.1 Å². The quantitative estimate of drug-likeness (QED) is 0.782. The fourth-order valence-corrected chi connectivity index (χ4v) is 4.93. The monoisotopic (exact) mass is 410 g/mol. The van der Waals surface area contributed by atoms with Crippen LogP contribution in [-0.2, 0) is 7.05 Å². The molecule has 1 aliphatic carbocycles. The Morgan fingerprint density at radius 2 is 1.93 bits per heavy atom. The van der Waals surface area contributed by atoms with Gasteiger partial charge >= 0.3 is 0 Å². The van der Waals surface area contributed by atoms with E-state index in [1.54, 1.807) is 4.68 Å². The van der Waals surface area contributed by atoms with Gasteiger partial charge in [-0.1, -0.05) is 18.9 Å². The molecule has 2 aliphatic rings. The van der Waals surface area contributed by atoms with Crippen molar-refractivity contribution in [3.05, 3.63) is 47.3 Å². The largest absolute Gasteiger partial charge is 0.490 e. The van der Waals surface area contributed by atoms with E-state index in [1.165, 1.54) is 25.7 Å². The van der Waals surface area contributed by atoms with Crippen molar-refractivity contribution in [1.29, 1.82) is 0 Å². The highest BCUT2D eigenvalue weighted by Gasteiger charge is 2.28. The maximum atomic E-state index is 12.8. The summed E-state index contributed by atoms with van der Waals surface area (Å²) in [7, 11) is 1.89. The number of aromatic nitrogens is 2. The molecule has 0 spiro atoms. The Morgan fingerprint density at radius 3 is 2.60 bits per heavy atom. The van der Waals surface area contributed by atoms with Crippen LogP contribution in [0, 0.1) is 6.92 Å². The number of amides is 1. The highest BCUT2D eigenvalue weighted by Crippen LogP contribution is 2.28. The Balaban J connectivity index is 1.32. The predicted octanol–water partition coefficient (Wildman–Crippen LogP) is 4.01. The molecule has 4 rings (SSSR count). The molecule has 1 N–H and O–H groups in total. The van der Waals surface area contributed by atoms with Crippen LogP contribution in [0.4, 0.5) is 0 Å². The lowest BCUT2D eigenvalue weighted by Gasteiger charge is -2.36. The van der Waals surface area contributed by atoms with Gasteiger partial charge in [-0.15, -0.1) is 0 Å². The van der Waals surface area contributed by atoms with Crippen LogP contribution in [0.1, 0.15) is 73.1 Å². The van der Waals surface area contributed by atoms with Crippen molar-refractivity contribution in [3.8, 4) is 5.75 Å². The zero-order valence-corrected chi connectivity index (χ0v) is 18.4. The molecule has 1 saturated carbocycles. The van der Waals surface area contributed by atoms with E-state index < -0.39 is 0 Å². The fourth-order valence-electron chi connectivity index (χ4n) is 4.93. The zero-order chi connectivity index (χ0) is 21.1. The first-order valence-corrected chi connectivity index (χ1v) is 11.3. The highest BCUT2D eigenvalue weighted by atomic mass is 16.5. The highest BCUT2D eigenvalue weighted by molar-refractivity contribution is 5.94. The fraction of sp³-hybridized carbons (Fsp3) is 0.583. The molecule has 1 amide bonds. The van der Waals surface area contributed by atoms with Crippen LogP contribution in [-0.4, -0.2) is 45.8 Å². The van der Waals surface area contributed by atoms with E-state index in [-0.39, 0.29) is 18.1 Å². The Hall–Kier alpha value is -2.34. The van der Waals surface area contributed by atoms with Gasteiger partial charge in [-0.2, -0.15) is 5.10 Å². The molecule has 162 valence electrons. The van der Waals surface area contributed by atoms with Gasteiger partial charge in [0.25, 0.3) is 5.91 Å². The molecule has 6 nitrogen and oxygen atoms in total. The summed E-state index contributed by atoms with van der Waals surface area (Å²) in [4.78, 5) is 15.4. The molecule has 2 fully saturated rings. The van der Waals surface area contributed by atoms with Crippen LogP contribution in [0.15, 0.2) is 30.5 Å². The van der Waals surface area contributed by atoms with Crippen LogP contribution >= 0.6 is 0 Å². The summed E-state index contributed by atoms with van der Waals surface area (Å²) in [5, 5.41) is 7.44. The first kappa shape index (κ1) is 20.9. The van der Waals surface area contributed by atoms with Gasteiger partial charge in [0.2, 0.25) is 0 Å². The third kappa shape index (κ3) is 4.86. The molecule has 30 heavy (non-hydrogen) atoms. The number of benzene rings is 1. The standard InChI is InChI=1S/C24H34N4O2/c1-17(23-16-27(3)26-18(23)2)25-24(29)19-7-6-10-22(15-19)30-21-11-13-28(14-12-21)20-8-4-5-9-20/h6-7,10,15-17,20-21H,4-5,8-9,11-14H2,1-3H3,(H,25,29)/t17-/m1/s1. The number of carbonyl (C=O) groups is 1. The normalized spacial score (nSPS) is 19.7.